The molecule has 2 aromatic heterocycles. The molecule has 1 atom stereocenters. The van der Waals surface area contributed by atoms with Gasteiger partial charge in [0.2, 0.25) is 5.91 Å². The predicted molar refractivity (Wildman–Crippen MR) is 125 cm³/mol. The molecule has 9 heteroatoms. The molecule has 5 rings (SSSR count). The summed E-state index contributed by atoms with van der Waals surface area (Å²) in [7, 11) is -3.67. The molecule has 6 nitrogen and oxygen atoms in total. The number of thiophene rings is 1. The first-order valence-electron chi connectivity index (χ1n) is 9.84. The average Bonchev–Trinajstić information content (AvgIpc) is 3.54. The second-order valence-electron chi connectivity index (χ2n) is 7.26. The average molecular weight is 470 g/mol. The van der Waals surface area contributed by atoms with Gasteiger partial charge in [-0.05, 0) is 48.6 Å². The van der Waals surface area contributed by atoms with Gasteiger partial charge in [0.05, 0.1) is 10.2 Å². The van der Waals surface area contributed by atoms with Crippen LogP contribution in [0.1, 0.15) is 12.8 Å². The zero-order chi connectivity index (χ0) is 21.4. The molecule has 1 aliphatic heterocycles. The maximum atomic E-state index is 13.0. The Bertz CT molecular complexity index is 1310. The largest absolute Gasteiger partial charge is 0.325 e. The molecule has 0 spiro atoms. The fraction of sp³-hybridized carbons (Fsp3) is 0.182. The molecule has 1 N–H and O–H groups in total. The van der Waals surface area contributed by atoms with E-state index in [-0.39, 0.29) is 10.1 Å². The van der Waals surface area contributed by atoms with Crippen molar-refractivity contribution in [3.05, 3.63) is 66.0 Å². The highest BCUT2D eigenvalue weighted by Gasteiger charge is 2.39. The Morgan fingerprint density at radius 1 is 1.10 bits per heavy atom. The number of aromatic nitrogens is 1. The van der Waals surface area contributed by atoms with E-state index in [0.717, 1.165) is 20.8 Å². The lowest BCUT2D eigenvalue weighted by molar-refractivity contribution is -0.119. The standard InChI is InChI=1S/C22H19N3O3S3/c26-21(18-9-4-12-25(18)31(27,28)20-11-5-13-29-20)23-16-7-3-6-15(14-16)22-24-17-8-1-2-10-19(17)30-22/h1-3,5-8,10-11,13-14,18H,4,9,12H2,(H,23,26)/t18-/m1/s1. The maximum absolute atomic E-state index is 13.0. The van der Waals surface area contributed by atoms with E-state index in [4.69, 9.17) is 0 Å². The molecule has 31 heavy (non-hydrogen) atoms. The summed E-state index contributed by atoms with van der Waals surface area (Å²) in [6.45, 7) is 0.351. The number of hydrogen-bond donors (Lipinski definition) is 1. The minimum absolute atomic E-state index is 0.269. The van der Waals surface area contributed by atoms with E-state index in [1.165, 1.54) is 15.6 Å². The lowest BCUT2D eigenvalue weighted by Gasteiger charge is -2.22. The van der Waals surface area contributed by atoms with Gasteiger partial charge in [-0.25, -0.2) is 13.4 Å². The summed E-state index contributed by atoms with van der Waals surface area (Å²) in [4.78, 5) is 17.7. The van der Waals surface area contributed by atoms with Crippen molar-refractivity contribution in [1.82, 2.24) is 9.29 Å². The summed E-state index contributed by atoms with van der Waals surface area (Å²) in [5, 5.41) is 5.51. The number of rotatable bonds is 5. The van der Waals surface area contributed by atoms with Crippen LogP contribution in [0, 0.1) is 0 Å². The molecule has 0 unspecified atom stereocenters. The van der Waals surface area contributed by atoms with Crippen LogP contribution in [0.4, 0.5) is 5.69 Å². The minimum atomic E-state index is -3.67. The van der Waals surface area contributed by atoms with Gasteiger partial charge in [0, 0.05) is 17.8 Å². The zero-order valence-electron chi connectivity index (χ0n) is 16.4. The van der Waals surface area contributed by atoms with Crippen molar-refractivity contribution in [3.63, 3.8) is 0 Å². The fourth-order valence-corrected chi connectivity index (χ4v) is 7.50. The van der Waals surface area contributed by atoms with E-state index in [1.807, 2.05) is 48.5 Å². The second-order valence-corrected chi connectivity index (χ2v) is 11.4. The summed E-state index contributed by atoms with van der Waals surface area (Å²) >= 11 is 2.76. The number of amides is 1. The molecule has 0 aliphatic carbocycles. The summed E-state index contributed by atoms with van der Waals surface area (Å²) in [6.07, 6.45) is 1.17. The summed E-state index contributed by atoms with van der Waals surface area (Å²) < 4.78 is 28.6. The van der Waals surface area contributed by atoms with Gasteiger partial charge in [0.25, 0.3) is 10.0 Å². The second kappa shape index (κ2) is 8.16. The van der Waals surface area contributed by atoms with Crippen LogP contribution in [0.5, 0.6) is 0 Å². The topological polar surface area (TPSA) is 79.4 Å². The third-order valence-electron chi connectivity index (χ3n) is 5.24. The molecule has 4 aromatic rings. The monoisotopic (exact) mass is 469 g/mol. The molecule has 1 saturated heterocycles. The Balaban J connectivity index is 1.37. The van der Waals surface area contributed by atoms with Gasteiger partial charge in [-0.1, -0.05) is 30.3 Å². The van der Waals surface area contributed by atoms with Gasteiger partial charge in [-0.15, -0.1) is 22.7 Å². The SMILES string of the molecule is O=C(Nc1cccc(-c2nc3ccccc3s2)c1)[C@H]1CCCN1S(=O)(=O)c1cccs1. The number of hydrogen-bond acceptors (Lipinski definition) is 6. The highest BCUT2D eigenvalue weighted by Crippen LogP contribution is 2.32. The highest BCUT2D eigenvalue weighted by molar-refractivity contribution is 7.91. The van der Waals surface area contributed by atoms with E-state index in [0.29, 0.717) is 25.1 Å². The molecule has 1 amide bonds. The van der Waals surface area contributed by atoms with Gasteiger partial charge >= 0.3 is 0 Å². The third kappa shape index (κ3) is 3.89. The number of fused-ring (bicyclic) bond motifs is 1. The van der Waals surface area contributed by atoms with Crippen molar-refractivity contribution >= 4 is 54.5 Å². The van der Waals surface area contributed by atoms with Crippen LogP contribution in [0.25, 0.3) is 20.8 Å². The van der Waals surface area contributed by atoms with E-state index < -0.39 is 16.1 Å². The van der Waals surface area contributed by atoms with Crippen molar-refractivity contribution in [2.75, 3.05) is 11.9 Å². The molecule has 158 valence electrons. The normalized spacial score (nSPS) is 17.2. The van der Waals surface area contributed by atoms with Crippen LogP contribution in [0.3, 0.4) is 0 Å². The molecule has 0 saturated carbocycles. The summed E-state index contributed by atoms with van der Waals surface area (Å²) in [5.41, 5.74) is 2.48. The Hall–Kier alpha value is -2.59. The number of benzene rings is 2. The van der Waals surface area contributed by atoms with Crippen molar-refractivity contribution in [3.8, 4) is 10.6 Å². The first-order chi connectivity index (χ1) is 15.0. The van der Waals surface area contributed by atoms with Gasteiger partial charge in [0.15, 0.2) is 0 Å². The minimum Gasteiger partial charge on any atom is -0.325 e. The van der Waals surface area contributed by atoms with Crippen molar-refractivity contribution in [2.24, 2.45) is 0 Å². The van der Waals surface area contributed by atoms with Crippen LogP contribution in [0.2, 0.25) is 0 Å². The molecule has 1 aliphatic rings. The van der Waals surface area contributed by atoms with Gasteiger partial charge in [0.1, 0.15) is 15.3 Å². The Labute approximate surface area is 188 Å². The molecule has 0 radical (unpaired) electrons. The van der Waals surface area contributed by atoms with Crippen LogP contribution in [-0.4, -0.2) is 36.2 Å². The smallest absolute Gasteiger partial charge is 0.253 e. The van der Waals surface area contributed by atoms with Crippen molar-refractivity contribution < 1.29 is 13.2 Å². The Kier molecular flexibility index (Phi) is 5.35. The van der Waals surface area contributed by atoms with Gasteiger partial charge in [-0.3, -0.25) is 4.79 Å². The number of carbonyl (C=O) groups is 1. The number of nitrogens with zero attached hydrogens (tertiary/aromatic N) is 2. The van der Waals surface area contributed by atoms with E-state index in [2.05, 4.69) is 10.3 Å². The number of carbonyl (C=O) groups excluding carboxylic acids is 1. The predicted octanol–water partition coefficient (Wildman–Crippen LogP) is 4.82. The summed E-state index contributed by atoms with van der Waals surface area (Å²) in [5.74, 6) is -0.306. The molecule has 3 heterocycles. The molecular formula is C22H19N3O3S3. The van der Waals surface area contributed by atoms with Crippen LogP contribution in [-0.2, 0) is 14.8 Å². The molecule has 2 aromatic carbocycles. The Morgan fingerprint density at radius 3 is 2.77 bits per heavy atom. The van der Waals surface area contributed by atoms with Gasteiger partial charge in [-0.2, -0.15) is 4.31 Å². The number of nitrogens with one attached hydrogen (secondary N) is 1. The highest BCUT2D eigenvalue weighted by atomic mass is 32.2. The lowest BCUT2D eigenvalue weighted by Crippen LogP contribution is -2.42. The number of anilines is 1. The van der Waals surface area contributed by atoms with E-state index in [9.17, 15) is 13.2 Å². The summed E-state index contributed by atoms with van der Waals surface area (Å²) in [6, 6.07) is 18.0. The number of thiazole rings is 1. The molecule has 0 bridgehead atoms. The van der Waals surface area contributed by atoms with Crippen LogP contribution < -0.4 is 5.32 Å². The van der Waals surface area contributed by atoms with E-state index >= 15 is 0 Å². The first-order valence-corrected chi connectivity index (χ1v) is 13.0. The van der Waals surface area contributed by atoms with Crippen molar-refractivity contribution in [2.45, 2.75) is 23.1 Å². The number of para-hydroxylation sites is 1. The van der Waals surface area contributed by atoms with Crippen molar-refractivity contribution in [1.29, 1.82) is 0 Å². The van der Waals surface area contributed by atoms with E-state index in [1.54, 1.807) is 28.8 Å². The maximum Gasteiger partial charge on any atom is 0.253 e. The molecular weight excluding hydrogens is 450 g/mol. The van der Waals surface area contributed by atoms with Crippen LogP contribution >= 0.6 is 22.7 Å². The number of sulfonamides is 1. The third-order valence-corrected chi connectivity index (χ3v) is 9.60. The molecule has 1 fully saturated rings. The van der Waals surface area contributed by atoms with Crippen LogP contribution in [0.15, 0.2) is 70.3 Å². The van der Waals surface area contributed by atoms with Gasteiger partial charge < -0.3 is 5.32 Å². The fourth-order valence-electron chi connectivity index (χ4n) is 3.77. The lowest BCUT2D eigenvalue weighted by atomic mass is 10.2. The quantitative estimate of drug-likeness (QED) is 0.455. The first kappa shape index (κ1) is 20.3. The Morgan fingerprint density at radius 2 is 1.97 bits per heavy atom. The zero-order valence-corrected chi connectivity index (χ0v) is 18.8.